The predicted octanol–water partition coefficient (Wildman–Crippen LogP) is 2.99. The fourth-order valence-electron chi connectivity index (χ4n) is 1.64. The average Bonchev–Trinajstić information content (AvgIpc) is 2.45. The summed E-state index contributed by atoms with van der Waals surface area (Å²) in [7, 11) is 1.66. The van der Waals surface area contributed by atoms with Gasteiger partial charge in [0.25, 0.3) is 0 Å². The zero-order valence-electron chi connectivity index (χ0n) is 12.3. The number of hydrogen-bond acceptors (Lipinski definition) is 4. The summed E-state index contributed by atoms with van der Waals surface area (Å²) < 4.78 is 16.9. The summed E-state index contributed by atoms with van der Waals surface area (Å²) in [5.74, 6) is 0.847. The Bertz CT molecular complexity index is 374. The molecule has 0 heterocycles. The van der Waals surface area contributed by atoms with E-state index in [0.717, 1.165) is 29.7 Å². The third-order valence-corrected chi connectivity index (χ3v) is 3.29. The van der Waals surface area contributed by atoms with Crippen LogP contribution in [0.4, 0.5) is 0 Å². The van der Waals surface area contributed by atoms with Crippen molar-refractivity contribution in [2.45, 2.75) is 19.9 Å². The Morgan fingerprint density at radius 3 is 2.65 bits per heavy atom. The fraction of sp³-hybridized carbons (Fsp3) is 0.600. The van der Waals surface area contributed by atoms with Gasteiger partial charge in [-0.1, -0.05) is 13.0 Å². The Kier molecular flexibility index (Phi) is 9.66. The SMILES string of the molecule is CCCNCc1ccc(OCCOCCOC)c(Br)c1. The number of rotatable bonds is 11. The van der Waals surface area contributed by atoms with Gasteiger partial charge >= 0.3 is 0 Å². The zero-order valence-corrected chi connectivity index (χ0v) is 13.9. The van der Waals surface area contributed by atoms with Crippen LogP contribution >= 0.6 is 15.9 Å². The average molecular weight is 346 g/mol. The minimum Gasteiger partial charge on any atom is -0.490 e. The van der Waals surface area contributed by atoms with E-state index in [0.29, 0.717) is 26.4 Å². The van der Waals surface area contributed by atoms with E-state index < -0.39 is 0 Å². The molecule has 0 aliphatic heterocycles. The summed E-state index contributed by atoms with van der Waals surface area (Å²) in [5.41, 5.74) is 1.24. The van der Waals surface area contributed by atoms with Gasteiger partial charge in [0, 0.05) is 13.7 Å². The lowest BCUT2D eigenvalue weighted by Gasteiger charge is -2.10. The summed E-state index contributed by atoms with van der Waals surface area (Å²) in [6.45, 7) is 6.40. The Morgan fingerprint density at radius 1 is 1.15 bits per heavy atom. The summed E-state index contributed by atoms with van der Waals surface area (Å²) in [6, 6.07) is 6.15. The summed E-state index contributed by atoms with van der Waals surface area (Å²) in [5, 5.41) is 3.38. The van der Waals surface area contributed by atoms with Crippen LogP contribution in [-0.4, -0.2) is 40.1 Å². The van der Waals surface area contributed by atoms with Gasteiger partial charge in [0.2, 0.25) is 0 Å². The van der Waals surface area contributed by atoms with E-state index in [4.69, 9.17) is 14.2 Å². The molecule has 0 radical (unpaired) electrons. The number of methoxy groups -OCH3 is 1. The number of hydrogen-bond donors (Lipinski definition) is 1. The maximum Gasteiger partial charge on any atom is 0.133 e. The van der Waals surface area contributed by atoms with Gasteiger partial charge in [0.05, 0.1) is 24.3 Å². The van der Waals surface area contributed by atoms with Gasteiger partial charge < -0.3 is 19.5 Å². The van der Waals surface area contributed by atoms with E-state index in [1.54, 1.807) is 7.11 Å². The molecule has 0 aliphatic rings. The van der Waals surface area contributed by atoms with Gasteiger partial charge in [0.15, 0.2) is 0 Å². The van der Waals surface area contributed by atoms with Crippen molar-refractivity contribution < 1.29 is 14.2 Å². The zero-order chi connectivity index (χ0) is 14.6. The van der Waals surface area contributed by atoms with E-state index in [1.165, 1.54) is 5.56 Å². The molecule has 114 valence electrons. The van der Waals surface area contributed by atoms with E-state index >= 15 is 0 Å². The molecule has 1 N–H and O–H groups in total. The van der Waals surface area contributed by atoms with E-state index in [1.807, 2.05) is 6.07 Å². The van der Waals surface area contributed by atoms with Gasteiger partial charge in [-0.15, -0.1) is 0 Å². The van der Waals surface area contributed by atoms with Crippen molar-refractivity contribution in [1.29, 1.82) is 0 Å². The van der Waals surface area contributed by atoms with Crippen molar-refractivity contribution in [2.24, 2.45) is 0 Å². The quantitative estimate of drug-likeness (QED) is 0.626. The van der Waals surface area contributed by atoms with Crippen LogP contribution in [0.5, 0.6) is 5.75 Å². The lowest BCUT2D eigenvalue weighted by atomic mass is 10.2. The van der Waals surface area contributed by atoms with E-state index in [2.05, 4.69) is 40.3 Å². The Hall–Kier alpha value is -0.620. The Balaban J connectivity index is 2.28. The van der Waals surface area contributed by atoms with Gasteiger partial charge in [-0.25, -0.2) is 0 Å². The molecule has 4 nitrogen and oxygen atoms in total. The van der Waals surface area contributed by atoms with Crippen LogP contribution in [0.25, 0.3) is 0 Å². The van der Waals surface area contributed by atoms with Crippen LogP contribution < -0.4 is 10.1 Å². The number of ether oxygens (including phenoxy) is 3. The van der Waals surface area contributed by atoms with E-state index in [9.17, 15) is 0 Å². The molecule has 0 saturated carbocycles. The second-order valence-corrected chi connectivity index (χ2v) is 5.25. The molecule has 0 bridgehead atoms. The molecule has 0 unspecified atom stereocenters. The van der Waals surface area contributed by atoms with Crippen LogP contribution in [-0.2, 0) is 16.0 Å². The molecule has 1 aromatic rings. The monoisotopic (exact) mass is 345 g/mol. The van der Waals surface area contributed by atoms with Crippen molar-refractivity contribution in [1.82, 2.24) is 5.32 Å². The van der Waals surface area contributed by atoms with Crippen molar-refractivity contribution in [3.05, 3.63) is 28.2 Å². The molecular formula is C15H24BrNO3. The first-order valence-corrected chi connectivity index (χ1v) is 7.75. The number of benzene rings is 1. The lowest BCUT2D eigenvalue weighted by Crippen LogP contribution is -2.14. The highest BCUT2D eigenvalue weighted by Gasteiger charge is 2.02. The second kappa shape index (κ2) is 11.1. The van der Waals surface area contributed by atoms with Crippen molar-refractivity contribution in [3.8, 4) is 5.75 Å². The molecule has 0 amide bonds. The molecule has 0 aliphatic carbocycles. The molecular weight excluding hydrogens is 322 g/mol. The van der Waals surface area contributed by atoms with Crippen LogP contribution in [0, 0.1) is 0 Å². The first-order valence-electron chi connectivity index (χ1n) is 6.96. The maximum atomic E-state index is 5.66. The largest absolute Gasteiger partial charge is 0.490 e. The fourth-order valence-corrected chi connectivity index (χ4v) is 2.18. The third kappa shape index (κ3) is 7.24. The summed E-state index contributed by atoms with van der Waals surface area (Å²) >= 11 is 3.54. The normalized spacial score (nSPS) is 10.8. The molecule has 0 atom stereocenters. The van der Waals surface area contributed by atoms with Gasteiger partial charge in [-0.3, -0.25) is 0 Å². The van der Waals surface area contributed by atoms with Crippen molar-refractivity contribution in [2.75, 3.05) is 40.1 Å². The molecule has 0 aromatic heterocycles. The molecule has 1 aromatic carbocycles. The topological polar surface area (TPSA) is 39.7 Å². The Morgan fingerprint density at radius 2 is 1.95 bits per heavy atom. The third-order valence-electron chi connectivity index (χ3n) is 2.67. The molecule has 5 heteroatoms. The summed E-state index contributed by atoms with van der Waals surface area (Å²) in [6.07, 6.45) is 1.14. The van der Waals surface area contributed by atoms with Gasteiger partial charge in [-0.2, -0.15) is 0 Å². The van der Waals surface area contributed by atoms with Gasteiger partial charge in [0.1, 0.15) is 12.4 Å². The molecule has 0 spiro atoms. The highest BCUT2D eigenvalue weighted by atomic mass is 79.9. The van der Waals surface area contributed by atoms with E-state index in [-0.39, 0.29) is 0 Å². The first kappa shape index (κ1) is 17.4. The molecule has 20 heavy (non-hydrogen) atoms. The molecule has 1 rings (SSSR count). The van der Waals surface area contributed by atoms with Crippen LogP contribution in [0.1, 0.15) is 18.9 Å². The van der Waals surface area contributed by atoms with Gasteiger partial charge in [-0.05, 0) is 46.6 Å². The highest BCUT2D eigenvalue weighted by molar-refractivity contribution is 9.10. The summed E-state index contributed by atoms with van der Waals surface area (Å²) in [4.78, 5) is 0. The van der Waals surface area contributed by atoms with Crippen molar-refractivity contribution >= 4 is 15.9 Å². The first-order chi connectivity index (χ1) is 9.77. The highest BCUT2D eigenvalue weighted by Crippen LogP contribution is 2.25. The number of nitrogens with one attached hydrogen (secondary N) is 1. The Labute approximate surface area is 129 Å². The van der Waals surface area contributed by atoms with Crippen LogP contribution in [0.3, 0.4) is 0 Å². The second-order valence-electron chi connectivity index (χ2n) is 4.40. The van der Waals surface area contributed by atoms with Crippen LogP contribution in [0.15, 0.2) is 22.7 Å². The maximum absolute atomic E-state index is 5.66. The predicted molar refractivity (Wildman–Crippen MR) is 84.3 cm³/mol. The number of halogens is 1. The minimum absolute atomic E-state index is 0.537. The lowest BCUT2D eigenvalue weighted by molar-refractivity contribution is 0.0543. The smallest absolute Gasteiger partial charge is 0.133 e. The molecule has 0 saturated heterocycles. The molecule has 0 fully saturated rings. The minimum atomic E-state index is 0.537. The van der Waals surface area contributed by atoms with Crippen LogP contribution in [0.2, 0.25) is 0 Å². The standard InChI is InChI=1S/C15H24BrNO3/c1-3-6-17-12-13-4-5-15(14(16)11-13)20-10-9-19-8-7-18-2/h4-5,11,17H,3,6-10,12H2,1-2H3. The van der Waals surface area contributed by atoms with Crippen molar-refractivity contribution in [3.63, 3.8) is 0 Å².